The van der Waals surface area contributed by atoms with E-state index in [9.17, 15) is 4.79 Å². The molecule has 1 aliphatic rings. The molecule has 1 aliphatic heterocycles. The van der Waals surface area contributed by atoms with E-state index in [2.05, 4.69) is 60.4 Å². The molecule has 0 bridgehead atoms. The Morgan fingerprint density at radius 2 is 1.90 bits per heavy atom. The van der Waals surface area contributed by atoms with Gasteiger partial charge in [0.2, 0.25) is 5.28 Å². The minimum absolute atomic E-state index is 0.182. The first kappa shape index (κ1) is 28.5. The Balaban J connectivity index is 0.000000226. The first-order valence-electron chi connectivity index (χ1n) is 12.3. The van der Waals surface area contributed by atoms with Gasteiger partial charge in [-0.2, -0.15) is 9.78 Å². The third-order valence-electron chi connectivity index (χ3n) is 5.48. The third kappa shape index (κ3) is 8.51. The molecule has 2 aromatic carbocycles. The maximum Gasteiger partial charge on any atom is 0.435 e. The van der Waals surface area contributed by atoms with E-state index < -0.39 is 11.7 Å². The molecule has 9 nitrogen and oxygen atoms in total. The van der Waals surface area contributed by atoms with Crippen LogP contribution in [0.3, 0.4) is 0 Å². The number of anilines is 2. The van der Waals surface area contributed by atoms with Crippen LogP contribution in [-0.2, 0) is 11.3 Å². The Labute approximate surface area is 241 Å². The molecule has 0 aliphatic carbocycles. The largest absolute Gasteiger partial charge is 0.492 e. The fraction of sp³-hybridized carbons (Fsp3) is 0.286. The van der Waals surface area contributed by atoms with Crippen molar-refractivity contribution in [2.24, 2.45) is 0 Å². The summed E-state index contributed by atoms with van der Waals surface area (Å²) in [7, 11) is 2.11. The normalized spacial score (nSPS) is 13.3. The van der Waals surface area contributed by atoms with Crippen LogP contribution in [0.1, 0.15) is 26.3 Å². The molecule has 204 valence electrons. The van der Waals surface area contributed by atoms with Crippen molar-refractivity contribution in [2.75, 3.05) is 25.5 Å². The summed E-state index contributed by atoms with van der Waals surface area (Å²) in [6, 6.07) is 15.6. The molecule has 0 saturated carbocycles. The molecule has 39 heavy (non-hydrogen) atoms. The minimum atomic E-state index is -0.569. The third-order valence-corrected chi connectivity index (χ3v) is 6.16. The van der Waals surface area contributed by atoms with Gasteiger partial charge in [-0.15, -0.1) is 0 Å². The summed E-state index contributed by atoms with van der Waals surface area (Å²) >= 11 is 9.21. The number of rotatable bonds is 3. The number of benzene rings is 2. The zero-order valence-corrected chi connectivity index (χ0v) is 24.5. The van der Waals surface area contributed by atoms with E-state index >= 15 is 0 Å². The van der Waals surface area contributed by atoms with Crippen LogP contribution >= 0.6 is 27.5 Å². The van der Waals surface area contributed by atoms with Crippen molar-refractivity contribution in [1.82, 2.24) is 24.6 Å². The molecule has 3 heterocycles. The average molecular weight is 614 g/mol. The lowest BCUT2D eigenvalue weighted by molar-refractivity contribution is 0.0514. The second-order valence-electron chi connectivity index (χ2n) is 9.91. The van der Waals surface area contributed by atoms with E-state index in [4.69, 9.17) is 21.1 Å². The highest BCUT2D eigenvalue weighted by Gasteiger charge is 2.18. The van der Waals surface area contributed by atoms with Crippen molar-refractivity contribution in [2.45, 2.75) is 32.9 Å². The molecule has 2 aromatic heterocycles. The van der Waals surface area contributed by atoms with Gasteiger partial charge in [0.15, 0.2) is 0 Å². The Bertz CT molecular complexity index is 1420. The molecule has 0 spiro atoms. The smallest absolute Gasteiger partial charge is 0.435 e. The lowest BCUT2D eigenvalue weighted by Crippen LogP contribution is -2.27. The predicted octanol–water partition coefficient (Wildman–Crippen LogP) is 6.79. The van der Waals surface area contributed by atoms with Crippen LogP contribution in [0.15, 0.2) is 71.6 Å². The highest BCUT2D eigenvalue weighted by molar-refractivity contribution is 9.10. The van der Waals surface area contributed by atoms with Gasteiger partial charge in [0.1, 0.15) is 23.8 Å². The van der Waals surface area contributed by atoms with Crippen LogP contribution in [-0.4, -0.2) is 56.5 Å². The van der Waals surface area contributed by atoms with Gasteiger partial charge < -0.3 is 14.8 Å². The summed E-state index contributed by atoms with van der Waals surface area (Å²) < 4.78 is 13.2. The van der Waals surface area contributed by atoms with Crippen molar-refractivity contribution in [3.05, 3.63) is 82.4 Å². The van der Waals surface area contributed by atoms with Gasteiger partial charge in [-0.25, -0.2) is 14.8 Å². The first-order valence-corrected chi connectivity index (χ1v) is 13.5. The van der Waals surface area contributed by atoms with Crippen LogP contribution in [0.2, 0.25) is 5.28 Å². The first-order chi connectivity index (χ1) is 18.6. The number of likely N-dealkylation sites (N-methyl/N-ethyl adjacent to an activating group) is 1. The maximum absolute atomic E-state index is 12.0. The molecule has 0 atom stereocenters. The summed E-state index contributed by atoms with van der Waals surface area (Å²) in [6.07, 6.45) is 4.33. The zero-order valence-electron chi connectivity index (χ0n) is 22.2. The highest BCUT2D eigenvalue weighted by Crippen LogP contribution is 2.26. The minimum Gasteiger partial charge on any atom is -0.492 e. The number of nitrogens with one attached hydrogen (secondary N) is 1. The predicted molar refractivity (Wildman–Crippen MR) is 156 cm³/mol. The lowest BCUT2D eigenvalue weighted by atomic mass is 10.1. The number of carbonyl (C=O) groups is 1. The van der Waals surface area contributed by atoms with E-state index in [0.717, 1.165) is 46.7 Å². The fourth-order valence-electron chi connectivity index (χ4n) is 3.65. The van der Waals surface area contributed by atoms with Crippen molar-refractivity contribution in [1.29, 1.82) is 0 Å². The van der Waals surface area contributed by atoms with Crippen LogP contribution in [0, 0.1) is 0 Å². The van der Waals surface area contributed by atoms with Gasteiger partial charge >= 0.3 is 6.09 Å². The quantitative estimate of drug-likeness (QED) is 0.252. The molecule has 0 amide bonds. The standard InChI is InChI=1S/C18H18ClN5O2.C10H12BrNO/c1-18(2,3)26-17(25)24-11-13(10-21-24)12-4-6-14(7-5-12)22-15-8-9-20-16(19)23-15;1-12-4-5-13-10-6-9(11)3-2-8(10)7-12/h4-11H,1-3H3,(H,20,22,23);2-3,6H,4-5,7H2,1H3. The molecule has 4 aromatic rings. The van der Waals surface area contributed by atoms with Crippen molar-refractivity contribution >= 4 is 45.1 Å². The Kier molecular flexibility index (Phi) is 9.21. The summed E-state index contributed by atoms with van der Waals surface area (Å²) in [4.78, 5) is 22.2. The van der Waals surface area contributed by atoms with E-state index in [-0.39, 0.29) is 5.28 Å². The molecule has 0 fully saturated rings. The second kappa shape index (κ2) is 12.6. The summed E-state index contributed by atoms with van der Waals surface area (Å²) in [5.41, 5.74) is 3.28. The number of halogens is 2. The van der Waals surface area contributed by atoms with Gasteiger partial charge in [-0.3, -0.25) is 4.90 Å². The zero-order chi connectivity index (χ0) is 28.0. The molecule has 0 radical (unpaired) electrons. The molecule has 5 rings (SSSR count). The Morgan fingerprint density at radius 3 is 2.62 bits per heavy atom. The molecule has 0 saturated heterocycles. The number of hydrogen-bond acceptors (Lipinski definition) is 8. The van der Waals surface area contributed by atoms with E-state index in [1.165, 1.54) is 10.2 Å². The summed E-state index contributed by atoms with van der Waals surface area (Å²) in [5, 5.41) is 7.40. The van der Waals surface area contributed by atoms with E-state index in [1.54, 1.807) is 24.7 Å². The number of carbonyl (C=O) groups excluding carboxylic acids is 1. The molecule has 11 heteroatoms. The number of hydrogen-bond donors (Lipinski definition) is 1. The molecular weight excluding hydrogens is 584 g/mol. The molecular formula is C28H30BrClN6O3. The van der Waals surface area contributed by atoms with Crippen LogP contribution in [0.4, 0.5) is 16.3 Å². The average Bonchev–Trinajstić information content (AvgIpc) is 3.29. The molecule has 0 unspecified atom stereocenters. The van der Waals surface area contributed by atoms with Crippen LogP contribution in [0.25, 0.3) is 11.1 Å². The van der Waals surface area contributed by atoms with Gasteiger partial charge in [0, 0.05) is 46.8 Å². The lowest BCUT2D eigenvalue weighted by Gasteiger charge is -2.18. The SMILES string of the molecule is CC(C)(C)OC(=O)n1cc(-c2ccc(Nc3ccnc(Cl)n3)cc2)cn1.CN1CCOc2cc(Br)ccc2C1. The Morgan fingerprint density at radius 1 is 1.13 bits per heavy atom. The van der Waals surface area contributed by atoms with Gasteiger partial charge in [-0.05, 0) is 75.3 Å². The van der Waals surface area contributed by atoms with E-state index in [1.807, 2.05) is 51.1 Å². The number of ether oxygens (including phenoxy) is 2. The molecule has 1 N–H and O–H groups in total. The van der Waals surface area contributed by atoms with Gasteiger partial charge in [-0.1, -0.05) is 34.1 Å². The van der Waals surface area contributed by atoms with Gasteiger partial charge in [0.25, 0.3) is 0 Å². The summed E-state index contributed by atoms with van der Waals surface area (Å²) in [5.74, 6) is 1.62. The van der Waals surface area contributed by atoms with Gasteiger partial charge in [0.05, 0.1) is 6.20 Å². The van der Waals surface area contributed by atoms with E-state index in [0.29, 0.717) is 5.82 Å². The maximum atomic E-state index is 12.0. The second-order valence-corrected chi connectivity index (χ2v) is 11.2. The van der Waals surface area contributed by atoms with Crippen molar-refractivity contribution in [3.63, 3.8) is 0 Å². The summed E-state index contributed by atoms with van der Waals surface area (Å²) in [6.45, 7) is 8.18. The number of fused-ring (bicyclic) bond motifs is 1. The monoisotopic (exact) mass is 612 g/mol. The van der Waals surface area contributed by atoms with Crippen LogP contribution in [0.5, 0.6) is 5.75 Å². The van der Waals surface area contributed by atoms with Crippen molar-refractivity contribution < 1.29 is 14.3 Å². The fourth-order valence-corrected chi connectivity index (χ4v) is 4.14. The number of aromatic nitrogens is 4. The number of nitrogens with zero attached hydrogens (tertiary/aromatic N) is 5. The van der Waals surface area contributed by atoms with Crippen molar-refractivity contribution in [3.8, 4) is 16.9 Å². The highest BCUT2D eigenvalue weighted by atomic mass is 79.9. The topological polar surface area (TPSA) is 94.4 Å². The van der Waals surface area contributed by atoms with Crippen LogP contribution < -0.4 is 10.1 Å². The Hall–Kier alpha value is -3.47.